The number of esters is 2. The third-order valence-corrected chi connectivity index (χ3v) is 3.60. The Bertz CT molecular complexity index is 571. The Morgan fingerprint density at radius 2 is 1.95 bits per heavy atom. The van der Waals surface area contributed by atoms with Gasteiger partial charge in [0.05, 0.1) is 25.5 Å². The van der Waals surface area contributed by atoms with Gasteiger partial charge in [-0.05, 0) is 31.5 Å². The van der Waals surface area contributed by atoms with Crippen LogP contribution in [0.1, 0.15) is 30.1 Å². The van der Waals surface area contributed by atoms with Gasteiger partial charge in [-0.15, -0.1) is 0 Å². The minimum absolute atomic E-state index is 0.259. The Kier molecular flexibility index (Phi) is 7.11. The molecule has 1 aromatic carbocycles. The van der Waals surface area contributed by atoms with Crippen LogP contribution in [-0.4, -0.2) is 32.7 Å². The van der Waals surface area contributed by atoms with Crippen molar-refractivity contribution in [2.24, 2.45) is 0 Å². The van der Waals surface area contributed by atoms with Crippen LogP contribution in [0.5, 0.6) is 0 Å². The first kappa shape index (κ1) is 18.2. The van der Waals surface area contributed by atoms with Crippen LogP contribution in [0.25, 0.3) is 0 Å². The Balaban J connectivity index is 3.03. The number of carbonyl (C=O) groups excluding carboxylic acids is 2. The molecule has 0 aromatic heterocycles. The number of rotatable bonds is 7. The molecule has 0 fully saturated rings. The number of hydrogen-bond acceptors (Lipinski definition) is 5. The van der Waals surface area contributed by atoms with Crippen molar-refractivity contribution in [3.8, 4) is 0 Å². The number of nitrogens with zero attached hydrogens (tertiary/aromatic N) is 1. The van der Waals surface area contributed by atoms with E-state index in [0.29, 0.717) is 30.6 Å². The zero-order chi connectivity index (χ0) is 16.7. The molecule has 0 saturated heterocycles. The van der Waals surface area contributed by atoms with Gasteiger partial charge in [-0.3, -0.25) is 4.79 Å². The van der Waals surface area contributed by atoms with E-state index in [1.165, 1.54) is 14.2 Å². The highest BCUT2D eigenvalue weighted by Gasteiger charge is 2.18. The van der Waals surface area contributed by atoms with Crippen LogP contribution in [0.3, 0.4) is 0 Å². The SMILES string of the molecule is C=C(C)N(CCCC(=O)OC)c1ccc(Br)cc1C(=O)OC. The Morgan fingerprint density at radius 3 is 2.50 bits per heavy atom. The second-order valence-electron chi connectivity index (χ2n) is 4.72. The largest absolute Gasteiger partial charge is 0.469 e. The fourth-order valence-corrected chi connectivity index (χ4v) is 2.38. The molecule has 1 rings (SSSR count). The third kappa shape index (κ3) is 4.87. The molecule has 0 unspecified atom stereocenters. The number of allylic oxidation sites excluding steroid dienone is 1. The summed E-state index contributed by atoms with van der Waals surface area (Å²) < 4.78 is 10.2. The Hall–Kier alpha value is -1.82. The average Bonchev–Trinajstić information content (AvgIpc) is 2.50. The van der Waals surface area contributed by atoms with Crippen molar-refractivity contribution >= 4 is 33.6 Å². The molecule has 0 bridgehead atoms. The molecule has 0 heterocycles. The fraction of sp³-hybridized carbons (Fsp3) is 0.375. The first-order chi connectivity index (χ1) is 10.4. The number of anilines is 1. The topological polar surface area (TPSA) is 55.8 Å². The van der Waals surface area contributed by atoms with Gasteiger partial charge in [0.2, 0.25) is 0 Å². The number of halogens is 1. The van der Waals surface area contributed by atoms with Crippen LogP contribution < -0.4 is 4.90 Å². The number of carbonyl (C=O) groups is 2. The maximum absolute atomic E-state index is 12.0. The van der Waals surface area contributed by atoms with E-state index in [9.17, 15) is 9.59 Å². The number of ether oxygens (including phenoxy) is 2. The molecule has 0 aliphatic carbocycles. The van der Waals surface area contributed by atoms with Crippen molar-refractivity contribution in [2.75, 3.05) is 25.7 Å². The summed E-state index contributed by atoms with van der Waals surface area (Å²) >= 11 is 3.35. The molecule has 0 amide bonds. The van der Waals surface area contributed by atoms with Gasteiger partial charge in [0.15, 0.2) is 0 Å². The molecule has 5 nitrogen and oxygen atoms in total. The maximum atomic E-state index is 12.0. The van der Waals surface area contributed by atoms with E-state index in [1.807, 2.05) is 24.0 Å². The van der Waals surface area contributed by atoms with Gasteiger partial charge in [0.1, 0.15) is 0 Å². The summed E-state index contributed by atoms with van der Waals surface area (Å²) in [6, 6.07) is 5.37. The van der Waals surface area contributed by atoms with E-state index in [2.05, 4.69) is 27.2 Å². The molecule has 0 aliphatic rings. The molecule has 0 saturated carbocycles. The van der Waals surface area contributed by atoms with Gasteiger partial charge in [-0.2, -0.15) is 0 Å². The lowest BCUT2D eigenvalue weighted by Gasteiger charge is -2.26. The quantitative estimate of drug-likeness (QED) is 0.688. The second-order valence-corrected chi connectivity index (χ2v) is 5.64. The Morgan fingerprint density at radius 1 is 1.27 bits per heavy atom. The van der Waals surface area contributed by atoms with Gasteiger partial charge in [-0.1, -0.05) is 22.5 Å². The lowest BCUT2D eigenvalue weighted by molar-refractivity contribution is -0.140. The highest BCUT2D eigenvalue weighted by Crippen LogP contribution is 2.28. The molecular formula is C16H20BrNO4. The molecule has 0 atom stereocenters. The second kappa shape index (κ2) is 8.58. The lowest BCUT2D eigenvalue weighted by Crippen LogP contribution is -2.25. The summed E-state index contributed by atoms with van der Waals surface area (Å²) in [6.45, 7) is 6.34. The first-order valence-corrected chi connectivity index (χ1v) is 7.57. The number of methoxy groups -OCH3 is 2. The number of hydrogen-bond donors (Lipinski definition) is 0. The van der Waals surface area contributed by atoms with E-state index >= 15 is 0 Å². The highest BCUT2D eigenvalue weighted by atomic mass is 79.9. The van der Waals surface area contributed by atoms with Crippen LogP contribution >= 0.6 is 15.9 Å². The van der Waals surface area contributed by atoms with Gasteiger partial charge in [0.25, 0.3) is 0 Å². The molecule has 120 valence electrons. The zero-order valence-electron chi connectivity index (χ0n) is 13.0. The minimum atomic E-state index is -0.421. The molecule has 0 N–H and O–H groups in total. The summed E-state index contributed by atoms with van der Waals surface area (Å²) in [5.41, 5.74) is 1.92. The van der Waals surface area contributed by atoms with E-state index < -0.39 is 5.97 Å². The molecular weight excluding hydrogens is 350 g/mol. The highest BCUT2D eigenvalue weighted by molar-refractivity contribution is 9.10. The summed E-state index contributed by atoms with van der Waals surface area (Å²) in [4.78, 5) is 25.1. The molecule has 1 aromatic rings. The van der Waals surface area contributed by atoms with Crippen molar-refractivity contribution in [1.82, 2.24) is 0 Å². The monoisotopic (exact) mass is 369 g/mol. The van der Waals surface area contributed by atoms with E-state index in [0.717, 1.165) is 10.2 Å². The van der Waals surface area contributed by atoms with Crippen molar-refractivity contribution in [3.63, 3.8) is 0 Å². The van der Waals surface area contributed by atoms with Crippen LogP contribution in [0.4, 0.5) is 5.69 Å². The lowest BCUT2D eigenvalue weighted by atomic mass is 10.1. The van der Waals surface area contributed by atoms with Crippen molar-refractivity contribution in [2.45, 2.75) is 19.8 Å². The average molecular weight is 370 g/mol. The third-order valence-electron chi connectivity index (χ3n) is 3.11. The van der Waals surface area contributed by atoms with Crippen molar-refractivity contribution in [3.05, 3.63) is 40.5 Å². The molecule has 0 radical (unpaired) electrons. The van der Waals surface area contributed by atoms with E-state index in [-0.39, 0.29) is 5.97 Å². The van der Waals surface area contributed by atoms with E-state index in [1.54, 1.807) is 6.07 Å². The summed E-state index contributed by atoms with van der Waals surface area (Å²) in [5.74, 6) is -0.679. The fourth-order valence-electron chi connectivity index (χ4n) is 2.02. The molecule has 0 spiro atoms. The number of benzene rings is 1. The van der Waals surface area contributed by atoms with Gasteiger partial charge >= 0.3 is 11.9 Å². The smallest absolute Gasteiger partial charge is 0.340 e. The minimum Gasteiger partial charge on any atom is -0.469 e. The van der Waals surface area contributed by atoms with Crippen molar-refractivity contribution in [1.29, 1.82) is 0 Å². The standard InChI is InChI=1S/C16H20BrNO4/c1-11(2)18(9-5-6-15(19)21-3)14-8-7-12(17)10-13(14)16(20)22-4/h7-8,10H,1,5-6,9H2,2-4H3. The van der Waals surface area contributed by atoms with Gasteiger partial charge < -0.3 is 14.4 Å². The van der Waals surface area contributed by atoms with Gasteiger partial charge in [-0.25, -0.2) is 4.79 Å². The molecule has 0 aliphatic heterocycles. The Labute approximate surface area is 139 Å². The predicted octanol–water partition coefficient (Wildman–Crippen LogP) is 3.53. The summed E-state index contributed by atoms with van der Waals surface area (Å²) in [7, 11) is 2.71. The molecule has 22 heavy (non-hydrogen) atoms. The van der Waals surface area contributed by atoms with Crippen LogP contribution in [0.2, 0.25) is 0 Å². The normalized spacial score (nSPS) is 10.0. The summed E-state index contributed by atoms with van der Waals surface area (Å²) in [6.07, 6.45) is 0.903. The van der Waals surface area contributed by atoms with Crippen LogP contribution in [0, 0.1) is 0 Å². The van der Waals surface area contributed by atoms with E-state index in [4.69, 9.17) is 4.74 Å². The summed E-state index contributed by atoms with van der Waals surface area (Å²) in [5, 5.41) is 0. The molecule has 6 heteroatoms. The van der Waals surface area contributed by atoms with Gasteiger partial charge in [0, 0.05) is 23.1 Å². The maximum Gasteiger partial charge on any atom is 0.340 e. The first-order valence-electron chi connectivity index (χ1n) is 6.78. The van der Waals surface area contributed by atoms with Crippen molar-refractivity contribution < 1.29 is 19.1 Å². The predicted molar refractivity (Wildman–Crippen MR) is 88.9 cm³/mol. The van der Waals surface area contributed by atoms with Crippen LogP contribution in [-0.2, 0) is 14.3 Å². The zero-order valence-corrected chi connectivity index (χ0v) is 14.6. The van der Waals surface area contributed by atoms with Crippen LogP contribution in [0.15, 0.2) is 34.9 Å².